The van der Waals surface area contributed by atoms with Gasteiger partial charge in [-0.3, -0.25) is 14.6 Å². The summed E-state index contributed by atoms with van der Waals surface area (Å²) in [5, 5.41) is 2.90. The SMILES string of the molecule is COC(C)(C)C(=O)N1CCc2cc3ccc2C1c1cccc(c1)OCCCNC(=O)c1cncc(c1)O3. The zero-order valence-electron chi connectivity index (χ0n) is 21.3. The summed E-state index contributed by atoms with van der Waals surface area (Å²) >= 11 is 0. The van der Waals surface area contributed by atoms with Gasteiger partial charge in [0.25, 0.3) is 11.8 Å². The number of nitrogens with one attached hydrogen (secondary N) is 1. The van der Waals surface area contributed by atoms with Crippen molar-refractivity contribution in [1.82, 2.24) is 15.2 Å². The monoisotopic (exact) mass is 501 g/mol. The van der Waals surface area contributed by atoms with E-state index in [0.717, 1.165) is 16.7 Å². The predicted molar refractivity (Wildman–Crippen MR) is 138 cm³/mol. The summed E-state index contributed by atoms with van der Waals surface area (Å²) in [6, 6.07) is 15.1. The van der Waals surface area contributed by atoms with Crippen LogP contribution in [0, 0.1) is 0 Å². The van der Waals surface area contributed by atoms with E-state index in [2.05, 4.69) is 10.3 Å². The number of hydrogen-bond acceptors (Lipinski definition) is 6. The molecule has 0 radical (unpaired) electrons. The number of carbonyl (C=O) groups excluding carboxylic acids is 2. The lowest BCUT2D eigenvalue weighted by Crippen LogP contribution is -2.50. The number of rotatable bonds is 2. The van der Waals surface area contributed by atoms with E-state index in [1.54, 1.807) is 33.2 Å². The second kappa shape index (κ2) is 10.2. The second-order valence-electron chi connectivity index (χ2n) is 9.77. The van der Waals surface area contributed by atoms with Crippen molar-refractivity contribution in [2.75, 3.05) is 26.8 Å². The Morgan fingerprint density at radius 3 is 2.81 bits per heavy atom. The van der Waals surface area contributed by atoms with Crippen molar-refractivity contribution in [2.45, 2.75) is 38.3 Å². The highest BCUT2D eigenvalue weighted by Gasteiger charge is 2.39. The molecule has 4 heterocycles. The number of hydrogen-bond donors (Lipinski definition) is 1. The Bertz CT molecular complexity index is 1320. The number of ether oxygens (including phenoxy) is 3. The van der Waals surface area contributed by atoms with Crippen LogP contribution in [-0.4, -0.2) is 54.1 Å². The molecule has 1 atom stereocenters. The lowest BCUT2D eigenvalue weighted by molar-refractivity contribution is -0.153. The van der Waals surface area contributed by atoms with E-state index in [1.165, 1.54) is 6.20 Å². The Hall–Kier alpha value is -3.91. The van der Waals surface area contributed by atoms with E-state index in [1.807, 2.05) is 47.4 Å². The molecule has 8 heteroatoms. The summed E-state index contributed by atoms with van der Waals surface area (Å²) in [4.78, 5) is 32.3. The van der Waals surface area contributed by atoms with E-state index in [0.29, 0.717) is 55.4 Å². The summed E-state index contributed by atoms with van der Waals surface area (Å²) in [5.41, 5.74) is 2.56. The van der Waals surface area contributed by atoms with Crippen LogP contribution < -0.4 is 14.8 Å². The smallest absolute Gasteiger partial charge is 0.255 e. The molecule has 37 heavy (non-hydrogen) atoms. The topological polar surface area (TPSA) is 90.0 Å². The molecule has 6 rings (SSSR count). The van der Waals surface area contributed by atoms with Crippen molar-refractivity contribution in [3.05, 3.63) is 83.2 Å². The second-order valence-corrected chi connectivity index (χ2v) is 9.77. The molecule has 0 spiro atoms. The van der Waals surface area contributed by atoms with Crippen molar-refractivity contribution >= 4 is 11.8 Å². The fourth-order valence-electron chi connectivity index (χ4n) is 4.75. The maximum Gasteiger partial charge on any atom is 0.255 e. The van der Waals surface area contributed by atoms with E-state index < -0.39 is 5.60 Å². The molecule has 1 aromatic heterocycles. The largest absolute Gasteiger partial charge is 0.494 e. The van der Waals surface area contributed by atoms with Crippen LogP contribution in [0.15, 0.2) is 60.9 Å². The zero-order valence-corrected chi connectivity index (χ0v) is 21.3. The zero-order chi connectivity index (χ0) is 26.0. The third-order valence-corrected chi connectivity index (χ3v) is 6.89. The van der Waals surface area contributed by atoms with Crippen molar-refractivity contribution in [2.24, 2.45) is 0 Å². The highest BCUT2D eigenvalue weighted by atomic mass is 16.5. The Balaban J connectivity index is 1.59. The Labute approximate surface area is 216 Å². The van der Waals surface area contributed by atoms with Gasteiger partial charge in [0, 0.05) is 26.4 Å². The molecule has 8 nitrogen and oxygen atoms in total. The van der Waals surface area contributed by atoms with Gasteiger partial charge in [-0.15, -0.1) is 0 Å². The molecular weight excluding hydrogens is 470 g/mol. The number of benzene rings is 2. The van der Waals surface area contributed by atoms with Gasteiger partial charge in [-0.25, -0.2) is 0 Å². The average Bonchev–Trinajstić information content (AvgIpc) is 2.91. The van der Waals surface area contributed by atoms with Crippen molar-refractivity contribution in [1.29, 1.82) is 0 Å². The number of pyridine rings is 1. The van der Waals surface area contributed by atoms with Crippen molar-refractivity contribution in [3.8, 4) is 17.2 Å². The summed E-state index contributed by atoms with van der Waals surface area (Å²) < 4.78 is 17.7. The van der Waals surface area contributed by atoms with E-state index >= 15 is 0 Å². The van der Waals surface area contributed by atoms with Gasteiger partial charge in [-0.05, 0) is 73.7 Å². The molecule has 0 saturated carbocycles. The van der Waals surface area contributed by atoms with E-state index in [-0.39, 0.29) is 17.9 Å². The van der Waals surface area contributed by atoms with Crippen molar-refractivity contribution in [3.63, 3.8) is 0 Å². The molecular formula is C29H31N3O5. The quantitative estimate of drug-likeness (QED) is 0.564. The minimum atomic E-state index is -0.955. The number of methoxy groups -OCH3 is 1. The van der Waals surface area contributed by atoms with Gasteiger partial charge >= 0.3 is 0 Å². The maximum atomic E-state index is 13.6. The number of nitrogens with zero attached hydrogens (tertiary/aromatic N) is 2. The van der Waals surface area contributed by atoms with Gasteiger partial charge in [0.05, 0.1) is 24.4 Å². The van der Waals surface area contributed by atoms with Gasteiger partial charge in [0.2, 0.25) is 0 Å². The molecule has 3 aliphatic rings. The normalized spacial score (nSPS) is 17.6. The maximum absolute atomic E-state index is 13.6. The molecule has 0 aliphatic carbocycles. The standard InChI is InChI=1S/C29H31N3O5/c1-29(2,35-3)28(34)32-12-10-19-14-23-8-9-25(19)26(32)20-6-4-7-22(15-20)36-13-5-11-31-27(33)21-16-24(37-23)18-30-17-21/h4,6-9,14-18,26H,5,10-13H2,1-3H3,(H,31,33). The van der Waals surface area contributed by atoms with Gasteiger partial charge in [0.15, 0.2) is 0 Å². The third kappa shape index (κ3) is 5.15. The van der Waals surface area contributed by atoms with Crippen LogP contribution in [0.3, 0.4) is 0 Å². The van der Waals surface area contributed by atoms with Crippen LogP contribution >= 0.6 is 0 Å². The Kier molecular flexibility index (Phi) is 6.84. The van der Waals surface area contributed by atoms with Crippen LogP contribution in [0.2, 0.25) is 0 Å². The minimum absolute atomic E-state index is 0.0712. The van der Waals surface area contributed by atoms with Gasteiger partial charge in [-0.1, -0.05) is 18.2 Å². The fraction of sp³-hybridized carbons (Fsp3) is 0.345. The van der Waals surface area contributed by atoms with Gasteiger partial charge in [-0.2, -0.15) is 0 Å². The van der Waals surface area contributed by atoms with E-state index in [4.69, 9.17) is 14.2 Å². The Morgan fingerprint density at radius 2 is 1.97 bits per heavy atom. The molecule has 2 aromatic carbocycles. The Morgan fingerprint density at radius 1 is 1.11 bits per heavy atom. The van der Waals surface area contributed by atoms with Crippen LogP contribution in [0.1, 0.15) is 53.4 Å². The highest BCUT2D eigenvalue weighted by molar-refractivity contribution is 5.94. The van der Waals surface area contributed by atoms with Crippen LogP contribution in [0.5, 0.6) is 17.2 Å². The first kappa shape index (κ1) is 24.8. The molecule has 2 amide bonds. The molecule has 8 bridgehead atoms. The third-order valence-electron chi connectivity index (χ3n) is 6.89. The average molecular weight is 502 g/mol. The van der Waals surface area contributed by atoms with Crippen LogP contribution in [0.25, 0.3) is 0 Å². The molecule has 3 aromatic rings. The first-order valence-corrected chi connectivity index (χ1v) is 12.5. The number of aromatic nitrogens is 1. The van der Waals surface area contributed by atoms with E-state index in [9.17, 15) is 9.59 Å². The summed E-state index contributed by atoms with van der Waals surface area (Å²) in [7, 11) is 1.56. The van der Waals surface area contributed by atoms with Gasteiger partial charge < -0.3 is 24.4 Å². The van der Waals surface area contributed by atoms with Gasteiger partial charge in [0.1, 0.15) is 22.8 Å². The fourth-order valence-corrected chi connectivity index (χ4v) is 4.75. The number of carbonyl (C=O) groups is 2. The summed E-state index contributed by atoms with van der Waals surface area (Å²) in [6.07, 6.45) is 4.42. The molecule has 1 N–H and O–H groups in total. The van der Waals surface area contributed by atoms with Crippen molar-refractivity contribution < 1.29 is 23.8 Å². The lowest BCUT2D eigenvalue weighted by Gasteiger charge is -2.41. The lowest BCUT2D eigenvalue weighted by atomic mass is 9.86. The molecule has 192 valence electrons. The molecule has 3 aliphatic heterocycles. The first-order chi connectivity index (χ1) is 17.9. The van der Waals surface area contributed by atoms with Crippen LogP contribution in [-0.2, 0) is 16.0 Å². The molecule has 1 unspecified atom stereocenters. The number of amides is 2. The highest BCUT2D eigenvalue weighted by Crippen LogP contribution is 2.39. The van der Waals surface area contributed by atoms with Crippen LogP contribution in [0.4, 0.5) is 0 Å². The molecule has 0 saturated heterocycles. The minimum Gasteiger partial charge on any atom is -0.494 e. The molecule has 0 fully saturated rings. The predicted octanol–water partition coefficient (Wildman–Crippen LogP) is 4.29. The summed E-state index contributed by atoms with van der Waals surface area (Å²) in [5.74, 6) is 1.56. The number of fused-ring (bicyclic) bond motifs is 6. The summed E-state index contributed by atoms with van der Waals surface area (Å²) in [6.45, 7) is 5.03. The first-order valence-electron chi connectivity index (χ1n) is 12.5.